The van der Waals surface area contributed by atoms with Crippen molar-refractivity contribution in [2.24, 2.45) is 0 Å². The Hall–Kier alpha value is -2.91. The lowest BCUT2D eigenvalue weighted by atomic mass is 10.1. The Morgan fingerprint density at radius 3 is 2.27 bits per heavy atom. The highest BCUT2D eigenvalue weighted by Crippen LogP contribution is 2.17. The van der Waals surface area contributed by atoms with E-state index < -0.39 is 10.0 Å². The lowest BCUT2D eigenvalue weighted by Crippen LogP contribution is -2.31. The van der Waals surface area contributed by atoms with Crippen molar-refractivity contribution in [3.8, 4) is 5.75 Å². The maximum atomic E-state index is 12.3. The molecule has 1 aliphatic rings. The predicted octanol–water partition coefficient (Wildman–Crippen LogP) is 2.95. The molecule has 2 aromatic carbocycles. The Labute approximate surface area is 195 Å². The van der Waals surface area contributed by atoms with Crippen LogP contribution in [0.15, 0.2) is 53.4 Å². The van der Waals surface area contributed by atoms with E-state index in [1.807, 2.05) is 24.0 Å². The first kappa shape index (κ1) is 24.7. The summed E-state index contributed by atoms with van der Waals surface area (Å²) in [6, 6.07) is 12.9. The number of carbonyl (C=O) groups excluding carboxylic acids is 2. The third kappa shape index (κ3) is 7.30. The number of benzene rings is 2. The topological polar surface area (TPSA) is 105 Å². The fourth-order valence-electron chi connectivity index (χ4n) is 3.44. The largest absolute Gasteiger partial charge is 0.484 e. The first-order valence-electron chi connectivity index (χ1n) is 11.2. The second kappa shape index (κ2) is 11.3. The summed E-state index contributed by atoms with van der Waals surface area (Å²) in [7, 11) is -3.59. The number of nitrogens with zero attached hydrogens (tertiary/aromatic N) is 1. The highest BCUT2D eigenvalue weighted by molar-refractivity contribution is 7.89. The molecule has 0 aliphatic carbocycles. The van der Waals surface area contributed by atoms with Crippen LogP contribution >= 0.6 is 0 Å². The zero-order valence-electron chi connectivity index (χ0n) is 19.0. The van der Waals surface area contributed by atoms with Gasteiger partial charge in [0.2, 0.25) is 15.9 Å². The molecule has 2 N–H and O–H groups in total. The van der Waals surface area contributed by atoms with E-state index in [0.717, 1.165) is 31.5 Å². The molecule has 0 saturated carbocycles. The average molecular weight is 474 g/mol. The summed E-state index contributed by atoms with van der Waals surface area (Å²) in [4.78, 5) is 26.5. The third-order valence-corrected chi connectivity index (χ3v) is 7.13. The van der Waals surface area contributed by atoms with Crippen molar-refractivity contribution in [1.82, 2.24) is 9.62 Å². The number of ether oxygens (including phenoxy) is 1. The van der Waals surface area contributed by atoms with E-state index >= 15 is 0 Å². The summed E-state index contributed by atoms with van der Waals surface area (Å²) in [5, 5.41) is 2.75. The normalized spacial score (nSPS) is 14.7. The number of amides is 2. The third-order valence-electron chi connectivity index (χ3n) is 5.52. The molecule has 0 radical (unpaired) electrons. The highest BCUT2D eigenvalue weighted by Gasteiger charge is 2.18. The van der Waals surface area contributed by atoms with Crippen LogP contribution in [0.2, 0.25) is 0 Å². The molecule has 1 aliphatic heterocycles. The fraction of sp³-hybridized carbons (Fsp3) is 0.417. The number of hydrogen-bond donors (Lipinski definition) is 2. The molecule has 3 rings (SSSR count). The van der Waals surface area contributed by atoms with Gasteiger partial charge in [-0.15, -0.1) is 0 Å². The number of rotatable bonds is 10. The van der Waals surface area contributed by atoms with Gasteiger partial charge in [-0.25, -0.2) is 13.1 Å². The first-order chi connectivity index (χ1) is 15.8. The van der Waals surface area contributed by atoms with E-state index in [2.05, 4.69) is 10.0 Å². The van der Waals surface area contributed by atoms with Crippen molar-refractivity contribution >= 4 is 27.5 Å². The summed E-state index contributed by atoms with van der Waals surface area (Å²) in [6.07, 6.45) is 3.18. The Bertz CT molecular complexity index is 1050. The number of anilines is 1. The molecule has 1 unspecified atom stereocenters. The van der Waals surface area contributed by atoms with Gasteiger partial charge in [0.05, 0.1) is 11.3 Å². The van der Waals surface area contributed by atoms with Gasteiger partial charge in [0, 0.05) is 24.8 Å². The second-order valence-corrected chi connectivity index (χ2v) is 9.91. The lowest BCUT2D eigenvalue weighted by Gasteiger charge is -2.15. The van der Waals surface area contributed by atoms with Crippen molar-refractivity contribution in [2.75, 3.05) is 25.0 Å². The van der Waals surface area contributed by atoms with Gasteiger partial charge < -0.3 is 15.0 Å². The van der Waals surface area contributed by atoms with Crippen LogP contribution < -0.4 is 14.8 Å². The molecule has 0 bridgehead atoms. The molecule has 33 heavy (non-hydrogen) atoms. The number of sulfonamides is 1. The summed E-state index contributed by atoms with van der Waals surface area (Å²) in [5.74, 6) is 0.182. The molecule has 1 fully saturated rings. The van der Waals surface area contributed by atoms with E-state index in [9.17, 15) is 18.0 Å². The number of likely N-dealkylation sites (tertiary alicyclic amines) is 1. The predicted molar refractivity (Wildman–Crippen MR) is 127 cm³/mol. The zero-order chi connectivity index (χ0) is 23.8. The van der Waals surface area contributed by atoms with E-state index in [-0.39, 0.29) is 29.4 Å². The van der Waals surface area contributed by atoms with Gasteiger partial charge in [-0.3, -0.25) is 9.59 Å². The maximum Gasteiger partial charge on any atom is 0.262 e. The van der Waals surface area contributed by atoms with Crippen LogP contribution in [0.25, 0.3) is 0 Å². The van der Waals surface area contributed by atoms with E-state index in [4.69, 9.17) is 4.74 Å². The molecule has 0 aromatic heterocycles. The minimum absolute atomic E-state index is 0.132. The van der Waals surface area contributed by atoms with Crippen LogP contribution in [-0.2, 0) is 26.0 Å². The molecular weight excluding hydrogens is 442 g/mol. The van der Waals surface area contributed by atoms with E-state index in [1.165, 1.54) is 24.3 Å². The van der Waals surface area contributed by atoms with Crippen LogP contribution in [0.1, 0.15) is 38.7 Å². The van der Waals surface area contributed by atoms with Gasteiger partial charge in [-0.2, -0.15) is 0 Å². The van der Waals surface area contributed by atoms with E-state index in [0.29, 0.717) is 24.3 Å². The van der Waals surface area contributed by atoms with Gasteiger partial charge in [0.1, 0.15) is 5.75 Å². The monoisotopic (exact) mass is 473 g/mol. The summed E-state index contributed by atoms with van der Waals surface area (Å²) >= 11 is 0. The van der Waals surface area contributed by atoms with Crippen molar-refractivity contribution in [3.05, 3.63) is 54.1 Å². The molecular formula is C24H31N3O5S. The fourth-order valence-corrected chi connectivity index (χ4v) is 4.76. The molecule has 8 nitrogen and oxygen atoms in total. The van der Waals surface area contributed by atoms with Crippen LogP contribution in [-0.4, -0.2) is 50.9 Å². The van der Waals surface area contributed by atoms with Crippen molar-refractivity contribution in [3.63, 3.8) is 0 Å². The van der Waals surface area contributed by atoms with Crippen LogP contribution in [0.3, 0.4) is 0 Å². The van der Waals surface area contributed by atoms with Gasteiger partial charge in [0.15, 0.2) is 6.61 Å². The minimum Gasteiger partial charge on any atom is -0.484 e. The van der Waals surface area contributed by atoms with E-state index in [1.54, 1.807) is 19.1 Å². The molecule has 9 heteroatoms. The van der Waals surface area contributed by atoms with Gasteiger partial charge in [-0.1, -0.05) is 19.1 Å². The summed E-state index contributed by atoms with van der Waals surface area (Å²) < 4.78 is 32.6. The second-order valence-electron chi connectivity index (χ2n) is 8.20. The lowest BCUT2D eigenvalue weighted by molar-refractivity contribution is -0.129. The molecule has 1 heterocycles. The first-order valence-corrected chi connectivity index (χ1v) is 12.7. The quantitative estimate of drug-likeness (QED) is 0.552. The van der Waals surface area contributed by atoms with Crippen LogP contribution in [0.5, 0.6) is 5.75 Å². The summed E-state index contributed by atoms with van der Waals surface area (Å²) in [5.41, 5.74) is 1.51. The SMILES string of the molecule is CCC(C)NS(=O)(=O)c1ccc(OCC(=O)Nc2ccc(CC(=O)N3CCCC3)cc2)cc1. The minimum atomic E-state index is -3.59. The smallest absolute Gasteiger partial charge is 0.262 e. The number of hydrogen-bond acceptors (Lipinski definition) is 5. The van der Waals surface area contributed by atoms with Crippen molar-refractivity contribution in [2.45, 2.75) is 50.5 Å². The average Bonchev–Trinajstić information content (AvgIpc) is 3.34. The molecule has 1 saturated heterocycles. The van der Waals surface area contributed by atoms with Crippen LogP contribution in [0, 0.1) is 0 Å². The highest BCUT2D eigenvalue weighted by atomic mass is 32.2. The Morgan fingerprint density at radius 1 is 1.03 bits per heavy atom. The van der Waals surface area contributed by atoms with Crippen LogP contribution in [0.4, 0.5) is 5.69 Å². The standard InChI is InChI=1S/C24H31N3O5S/c1-3-18(2)26-33(30,31)22-12-10-21(11-13-22)32-17-23(28)25-20-8-6-19(7-9-20)16-24(29)27-14-4-5-15-27/h6-13,18,26H,3-5,14-17H2,1-2H3,(H,25,28). The Morgan fingerprint density at radius 2 is 1.67 bits per heavy atom. The van der Waals surface area contributed by atoms with Gasteiger partial charge >= 0.3 is 0 Å². The molecule has 1 atom stereocenters. The Balaban J connectivity index is 1.46. The van der Waals surface area contributed by atoms with Crippen molar-refractivity contribution < 1.29 is 22.7 Å². The number of nitrogens with one attached hydrogen (secondary N) is 2. The molecule has 0 spiro atoms. The molecule has 2 aromatic rings. The maximum absolute atomic E-state index is 12.3. The number of carbonyl (C=O) groups is 2. The molecule has 178 valence electrons. The van der Waals surface area contributed by atoms with Gasteiger partial charge in [0.25, 0.3) is 5.91 Å². The zero-order valence-corrected chi connectivity index (χ0v) is 19.9. The molecule has 2 amide bonds. The van der Waals surface area contributed by atoms with Crippen molar-refractivity contribution in [1.29, 1.82) is 0 Å². The van der Waals surface area contributed by atoms with Gasteiger partial charge in [-0.05, 0) is 68.1 Å². The Kier molecular flexibility index (Phi) is 8.46. The summed E-state index contributed by atoms with van der Waals surface area (Å²) in [6.45, 7) is 5.16.